The lowest BCUT2D eigenvalue weighted by Gasteiger charge is -2.19. The quantitative estimate of drug-likeness (QED) is 0.0254. The number of carbonyl (C=O) groups is 12. The Kier molecular flexibility index (Phi) is 76.9. The summed E-state index contributed by atoms with van der Waals surface area (Å²) in [5.74, 6) is -2.51. The molecule has 0 saturated heterocycles. The molecule has 0 heterocycles. The number of hydrogen-bond donors (Lipinski definition) is 18. The number of nitrogens with one attached hydrogen (secondary N) is 11. The Morgan fingerprint density at radius 1 is 0.195 bits per heavy atom. The third kappa shape index (κ3) is 68.1. The maximum absolute atomic E-state index is 13.3. The van der Waals surface area contributed by atoms with Crippen LogP contribution >= 0.6 is 0 Å². The van der Waals surface area contributed by atoms with Crippen LogP contribution in [0.15, 0.2) is 0 Å². The van der Waals surface area contributed by atoms with E-state index in [1.165, 1.54) is 38.5 Å². The van der Waals surface area contributed by atoms with Crippen LogP contribution in [0.25, 0.3) is 0 Å². The molecule has 25 N–H and O–H groups in total. The van der Waals surface area contributed by atoms with Crippen molar-refractivity contribution in [1.29, 1.82) is 0 Å². The number of hydrogen-bond acceptors (Lipinski definition) is 18. The molecule has 0 aromatic rings. The van der Waals surface area contributed by atoms with E-state index in [1.807, 2.05) is 0 Å². The zero-order valence-electron chi connectivity index (χ0n) is 73.7. The van der Waals surface area contributed by atoms with Crippen LogP contribution in [0.5, 0.6) is 0 Å². The first-order valence-electron chi connectivity index (χ1n) is 46.9. The zero-order valence-corrected chi connectivity index (χ0v) is 73.7. The Bertz CT molecular complexity index is 2600. The van der Waals surface area contributed by atoms with E-state index < -0.39 is 42.2 Å². The highest BCUT2D eigenvalue weighted by Gasteiger charge is 2.26. The normalized spacial score (nSPS) is 12.7. The standard InChI is InChI=1S/C88H172N18O12/c1-2-3-4-5-6-7-8-14-25-55-78(108)102-72(49-32-38-61-90)84(114)97-67-44-21-10-16-27-57-80(110)104-74(51-34-40-63-92)86(116)99-69-46-23-12-18-29-59-82(112)106-76(53-36-42-65-94)88(118)100-70-47-24-13-19-30-58-81(111)105-75(52-35-41-64-93)87(117)98-68-45-22-11-17-28-56-79(109)103-73(50-33-39-62-91)85(115)96-66-43-20-9-15-26-54-77(107)101-71(83(95)113)48-31-37-60-89/h71-76H,2-70,89-94H2,1H3,(H2,95,113)(H,96,115)(H,97,114)(H,98,117)(H,99,116)(H,100,118)(H,101,107)(H,102,108)(H,103,109)(H,104,110)(H,105,111)(H,106,112)/t71-,72-,73-,74-,75-,76-/m0/s1. The maximum atomic E-state index is 13.3. The highest BCUT2D eigenvalue weighted by atomic mass is 16.2. The summed E-state index contributed by atoms with van der Waals surface area (Å²) in [6, 6.07) is -3.85. The fourth-order valence-corrected chi connectivity index (χ4v) is 14.2. The van der Waals surface area contributed by atoms with Crippen LogP contribution in [-0.4, -0.2) is 179 Å². The highest BCUT2D eigenvalue weighted by Crippen LogP contribution is 2.16. The van der Waals surface area contributed by atoms with E-state index in [0.29, 0.717) is 207 Å². The number of amides is 12. The SMILES string of the molecule is CCCCCCCCCCCC(=O)N[C@@H](CCCCN)C(=O)NCCCCCCCC(=O)N[C@@H](CCCCN)C(=O)NCCCCCCCC(=O)N[C@@H](CCCCN)C(=O)NCCCCCCCC(=O)N[C@@H](CCCCN)C(=O)NCCCCCCCC(=O)N[C@@H](CCCCN)C(=O)NCCCCCCCC(=O)N[C@@H](CCCCN)C(N)=O. The molecule has 6 atom stereocenters. The average molecular weight is 1670 g/mol. The summed E-state index contributed by atoms with van der Waals surface area (Å²) in [4.78, 5) is 155. The number of nitrogens with two attached hydrogens (primary N) is 7. The van der Waals surface area contributed by atoms with Gasteiger partial charge in [0.15, 0.2) is 0 Å². The average Bonchev–Trinajstić information content (AvgIpc) is 0.957. The highest BCUT2D eigenvalue weighted by molar-refractivity contribution is 5.90. The van der Waals surface area contributed by atoms with Crippen molar-refractivity contribution >= 4 is 70.9 Å². The van der Waals surface area contributed by atoms with Crippen LogP contribution in [0.3, 0.4) is 0 Å². The Labute approximate surface area is 711 Å². The van der Waals surface area contributed by atoms with Crippen molar-refractivity contribution in [2.24, 2.45) is 40.1 Å². The third-order valence-electron chi connectivity index (χ3n) is 21.5. The summed E-state index contributed by atoms with van der Waals surface area (Å²) in [6.07, 6.45) is 44.3. The van der Waals surface area contributed by atoms with Crippen molar-refractivity contribution in [2.75, 3.05) is 72.0 Å². The molecule has 0 radical (unpaired) electrons. The van der Waals surface area contributed by atoms with Gasteiger partial charge in [0, 0.05) is 71.2 Å². The fraction of sp³-hybridized carbons (Fsp3) is 0.864. The molecule has 30 nitrogen and oxygen atoms in total. The first kappa shape index (κ1) is 111. The minimum atomic E-state index is -0.682. The molecule has 0 aromatic heterocycles. The van der Waals surface area contributed by atoms with Crippen LogP contribution in [0.2, 0.25) is 0 Å². The molecule has 30 heteroatoms. The molecule has 12 amide bonds. The molecule has 0 aliphatic rings. The number of rotatable bonds is 86. The van der Waals surface area contributed by atoms with Crippen LogP contribution in [0, 0.1) is 0 Å². The second-order valence-electron chi connectivity index (χ2n) is 32.5. The van der Waals surface area contributed by atoms with Crippen molar-refractivity contribution in [3.8, 4) is 0 Å². The van der Waals surface area contributed by atoms with E-state index in [2.05, 4.69) is 65.4 Å². The summed E-state index contributed by atoms with van der Waals surface area (Å²) in [7, 11) is 0. The molecule has 0 spiro atoms. The minimum Gasteiger partial charge on any atom is -0.368 e. The van der Waals surface area contributed by atoms with E-state index >= 15 is 0 Å². The summed E-state index contributed by atoms with van der Waals surface area (Å²) in [5, 5.41) is 32.5. The van der Waals surface area contributed by atoms with Gasteiger partial charge < -0.3 is 98.6 Å². The van der Waals surface area contributed by atoms with Gasteiger partial charge in [-0.2, -0.15) is 0 Å². The molecule has 0 saturated carbocycles. The van der Waals surface area contributed by atoms with Crippen LogP contribution < -0.4 is 98.6 Å². The third-order valence-corrected chi connectivity index (χ3v) is 21.5. The smallest absolute Gasteiger partial charge is 0.242 e. The van der Waals surface area contributed by atoms with E-state index in [0.717, 1.165) is 193 Å². The predicted molar refractivity (Wildman–Crippen MR) is 474 cm³/mol. The summed E-state index contributed by atoms with van der Waals surface area (Å²) in [5.41, 5.74) is 39.7. The van der Waals surface area contributed by atoms with Crippen molar-refractivity contribution in [3.05, 3.63) is 0 Å². The minimum absolute atomic E-state index is 0.0734. The number of primary amides is 1. The van der Waals surface area contributed by atoms with Gasteiger partial charge in [-0.15, -0.1) is 0 Å². The molecule has 686 valence electrons. The second-order valence-corrected chi connectivity index (χ2v) is 32.5. The first-order valence-corrected chi connectivity index (χ1v) is 46.9. The number of carbonyl (C=O) groups excluding carboxylic acids is 12. The van der Waals surface area contributed by atoms with E-state index in [1.54, 1.807) is 0 Å². The van der Waals surface area contributed by atoms with Gasteiger partial charge in [0.25, 0.3) is 0 Å². The first-order chi connectivity index (χ1) is 57.3. The van der Waals surface area contributed by atoms with Crippen molar-refractivity contribution in [1.82, 2.24) is 58.5 Å². The molecule has 0 aliphatic carbocycles. The molecular weight excluding hydrogens is 1500 g/mol. The van der Waals surface area contributed by atoms with Gasteiger partial charge in [0.1, 0.15) is 36.3 Å². The Morgan fingerprint density at radius 3 is 0.517 bits per heavy atom. The summed E-state index contributed by atoms with van der Waals surface area (Å²) in [6.45, 7) is 7.63. The van der Waals surface area contributed by atoms with Crippen molar-refractivity contribution < 1.29 is 57.5 Å². The van der Waals surface area contributed by atoms with Gasteiger partial charge in [0.05, 0.1) is 0 Å². The van der Waals surface area contributed by atoms with E-state index in [-0.39, 0.29) is 71.4 Å². The molecule has 0 fully saturated rings. The van der Waals surface area contributed by atoms with Gasteiger partial charge in [-0.25, -0.2) is 0 Å². The molecule has 0 rings (SSSR count). The van der Waals surface area contributed by atoms with Gasteiger partial charge in [-0.3, -0.25) is 57.5 Å². The van der Waals surface area contributed by atoms with E-state index in [4.69, 9.17) is 40.1 Å². The topological polar surface area (TPSA) is 519 Å². The molecule has 118 heavy (non-hydrogen) atoms. The predicted octanol–water partition coefficient (Wildman–Crippen LogP) is 8.36. The Morgan fingerprint density at radius 2 is 0.347 bits per heavy atom. The van der Waals surface area contributed by atoms with E-state index in [9.17, 15) is 57.5 Å². The number of unbranched alkanes of at least 4 members (excludes halogenated alkanes) is 34. The second kappa shape index (κ2) is 81.4. The molecule has 0 bridgehead atoms. The van der Waals surface area contributed by atoms with Crippen LogP contribution in [0.1, 0.15) is 379 Å². The fourth-order valence-electron chi connectivity index (χ4n) is 14.2. The molecule has 0 unspecified atom stereocenters. The maximum Gasteiger partial charge on any atom is 0.242 e. The largest absolute Gasteiger partial charge is 0.368 e. The Hall–Kier alpha value is -6.60. The zero-order chi connectivity index (χ0) is 87.0. The molecule has 0 aromatic carbocycles. The lowest BCUT2D eigenvalue weighted by Crippen LogP contribution is -2.47. The van der Waals surface area contributed by atoms with Crippen LogP contribution in [0.4, 0.5) is 0 Å². The van der Waals surface area contributed by atoms with Gasteiger partial charge in [-0.05, 0) is 225 Å². The van der Waals surface area contributed by atoms with Gasteiger partial charge >= 0.3 is 0 Å². The van der Waals surface area contributed by atoms with Gasteiger partial charge in [-0.1, -0.05) is 155 Å². The lowest BCUT2D eigenvalue weighted by atomic mass is 10.1. The lowest BCUT2D eigenvalue weighted by molar-refractivity contribution is -0.129. The Balaban J connectivity index is 4.62. The van der Waals surface area contributed by atoms with Crippen molar-refractivity contribution in [2.45, 2.75) is 416 Å². The molecular formula is C88H172N18O12. The summed E-state index contributed by atoms with van der Waals surface area (Å²) >= 11 is 0. The monoisotopic (exact) mass is 1670 g/mol. The van der Waals surface area contributed by atoms with Crippen LogP contribution in [-0.2, 0) is 57.5 Å². The molecule has 0 aliphatic heterocycles. The van der Waals surface area contributed by atoms with Gasteiger partial charge in [0.2, 0.25) is 70.9 Å². The van der Waals surface area contributed by atoms with Crippen molar-refractivity contribution in [3.63, 3.8) is 0 Å². The summed E-state index contributed by atoms with van der Waals surface area (Å²) < 4.78 is 0.